The van der Waals surface area contributed by atoms with E-state index >= 15 is 0 Å². The molecule has 2 bridgehead atoms. The van der Waals surface area contributed by atoms with E-state index in [9.17, 15) is 34.5 Å². The second-order valence-electron chi connectivity index (χ2n) is 17.4. The summed E-state index contributed by atoms with van der Waals surface area (Å²) >= 11 is 0. The Kier molecular flexibility index (Phi) is 16.3. The molecule has 312 valence electrons. The van der Waals surface area contributed by atoms with Crippen LogP contribution in [0.25, 0.3) is 0 Å². The molecule has 0 aromatic carbocycles. The third-order valence-corrected chi connectivity index (χ3v) is 12.9. The van der Waals surface area contributed by atoms with E-state index in [1.165, 1.54) is 4.90 Å². The summed E-state index contributed by atoms with van der Waals surface area (Å²) in [5.74, 6) is -7.17. The number of methoxy groups -OCH3 is 2. The van der Waals surface area contributed by atoms with Crippen molar-refractivity contribution in [2.24, 2.45) is 35.5 Å². The summed E-state index contributed by atoms with van der Waals surface area (Å²) in [4.78, 5) is 57.5. The lowest BCUT2D eigenvalue weighted by Gasteiger charge is -2.46. The topological polar surface area (TPSA) is 169 Å². The molecule has 4 rings (SSSR count). The highest BCUT2D eigenvalue weighted by molar-refractivity contribution is 6.39. The van der Waals surface area contributed by atoms with E-state index in [1.54, 1.807) is 28.1 Å². The van der Waals surface area contributed by atoms with Crippen LogP contribution in [-0.4, -0.2) is 113 Å². The van der Waals surface area contributed by atoms with Crippen LogP contribution in [0.15, 0.2) is 23.3 Å². The van der Waals surface area contributed by atoms with Gasteiger partial charge in [-0.1, -0.05) is 52.3 Å². The largest absolute Gasteiger partial charge is 0.456 e. The van der Waals surface area contributed by atoms with E-state index in [-0.39, 0.29) is 49.0 Å². The quantitative estimate of drug-likeness (QED) is 0.193. The SMILES string of the molecule is CC[C@@H]1/C=C(\C)C[C@H](C)CC(OC)C2OC(O)(C(=O)C(=O)N3CCCCC3C(=O)OC(/C(C)=C/[C@@H]3CCC(O)C(OC)C3)[C@H](C)C(O)CC1=O)[C@H](C)C[C@@H]2C. The Morgan fingerprint density at radius 3 is 2.29 bits per heavy atom. The highest BCUT2D eigenvalue weighted by Gasteiger charge is 2.55. The number of ketones is 2. The van der Waals surface area contributed by atoms with E-state index < -0.39 is 77.8 Å². The third-order valence-electron chi connectivity index (χ3n) is 12.9. The number of amides is 1. The first kappa shape index (κ1) is 45.2. The number of hydrogen-bond donors (Lipinski definition) is 3. The minimum absolute atomic E-state index is 0.0102. The van der Waals surface area contributed by atoms with Crippen molar-refractivity contribution in [2.75, 3.05) is 20.8 Å². The van der Waals surface area contributed by atoms with Crippen LogP contribution in [0.4, 0.5) is 0 Å². The number of ether oxygens (including phenoxy) is 4. The number of esters is 1. The Hall–Kier alpha value is -2.48. The molecule has 0 radical (unpaired) electrons. The van der Waals surface area contributed by atoms with E-state index in [2.05, 4.69) is 6.92 Å². The van der Waals surface area contributed by atoms with Crippen LogP contribution >= 0.6 is 0 Å². The second-order valence-corrected chi connectivity index (χ2v) is 17.4. The summed E-state index contributed by atoms with van der Waals surface area (Å²) in [6.07, 6.45) is 5.07. The fourth-order valence-electron chi connectivity index (χ4n) is 9.54. The standard InChI is InChI=1S/C43H69NO11/c1-10-31-18-24(2)17-25(3)19-37(53-9)39-26(4)20-28(6)43(51,55-39)40(48)41(49)44-16-12-11-13-32(44)42(50)54-38(29(7)34(46)23-35(31)47)27(5)21-30-14-15-33(45)36(22-30)52-8/h18,21,25-26,28-34,36-39,45-46,51H,10-17,19-20,22-23H2,1-9H3/b24-18+,27-21+/t25-,26-,28+,29+,30-,31+,32?,33?,34?,36?,37?,38?,39?,43?/m0/s1. The molecule has 8 unspecified atom stereocenters. The molecular formula is C43H69NO11. The molecule has 4 aliphatic rings. The first-order chi connectivity index (χ1) is 25.9. The Bertz CT molecular complexity index is 1410. The van der Waals surface area contributed by atoms with Crippen LogP contribution in [0.3, 0.4) is 0 Å². The smallest absolute Gasteiger partial charge is 0.329 e. The molecule has 0 aromatic heterocycles. The molecule has 12 nitrogen and oxygen atoms in total. The van der Waals surface area contributed by atoms with Crippen molar-refractivity contribution in [3.63, 3.8) is 0 Å². The van der Waals surface area contributed by atoms with Crippen molar-refractivity contribution in [3.8, 4) is 0 Å². The van der Waals surface area contributed by atoms with Crippen LogP contribution in [0.2, 0.25) is 0 Å². The molecule has 3 N–H and O–H groups in total. The monoisotopic (exact) mass is 775 g/mol. The molecule has 3 fully saturated rings. The molecule has 3 aliphatic heterocycles. The minimum atomic E-state index is -2.42. The van der Waals surface area contributed by atoms with Gasteiger partial charge in [-0.05, 0) is 101 Å². The van der Waals surface area contributed by atoms with E-state index in [0.29, 0.717) is 63.4 Å². The molecule has 0 aromatic rings. The van der Waals surface area contributed by atoms with Crippen LogP contribution in [0.5, 0.6) is 0 Å². The van der Waals surface area contributed by atoms with Gasteiger partial charge in [0, 0.05) is 44.9 Å². The van der Waals surface area contributed by atoms with Gasteiger partial charge in [-0.3, -0.25) is 14.4 Å². The molecule has 2 saturated heterocycles. The summed E-state index contributed by atoms with van der Waals surface area (Å²) in [7, 11) is 3.14. The molecule has 1 amide bonds. The number of fused-ring (bicyclic) bond motifs is 3. The zero-order chi connectivity index (χ0) is 40.8. The number of piperidine rings is 1. The van der Waals surface area contributed by atoms with Crippen LogP contribution in [0.1, 0.15) is 119 Å². The molecule has 55 heavy (non-hydrogen) atoms. The molecule has 3 heterocycles. The Morgan fingerprint density at radius 1 is 0.945 bits per heavy atom. The third kappa shape index (κ3) is 10.7. The first-order valence-corrected chi connectivity index (χ1v) is 20.7. The van der Waals surface area contributed by atoms with Crippen molar-refractivity contribution in [1.82, 2.24) is 4.90 Å². The van der Waals surface area contributed by atoms with Crippen molar-refractivity contribution < 1.29 is 53.4 Å². The molecular weight excluding hydrogens is 706 g/mol. The summed E-state index contributed by atoms with van der Waals surface area (Å²) in [6.45, 7) is 13.4. The van der Waals surface area contributed by atoms with E-state index in [1.807, 2.05) is 39.8 Å². The first-order valence-electron chi connectivity index (χ1n) is 20.7. The number of aliphatic hydroxyl groups excluding tert-OH is 2. The van der Waals surface area contributed by atoms with Gasteiger partial charge in [-0.2, -0.15) is 0 Å². The summed E-state index contributed by atoms with van der Waals surface area (Å²) in [5, 5.41) is 34.0. The van der Waals surface area contributed by atoms with Crippen molar-refractivity contribution >= 4 is 23.4 Å². The zero-order valence-electron chi connectivity index (χ0n) is 34.7. The lowest BCUT2D eigenvalue weighted by molar-refractivity contribution is -0.290. The van der Waals surface area contributed by atoms with Gasteiger partial charge in [0.1, 0.15) is 17.9 Å². The van der Waals surface area contributed by atoms with Gasteiger partial charge >= 0.3 is 5.97 Å². The number of hydrogen-bond acceptors (Lipinski definition) is 11. The Balaban J connectivity index is 1.75. The van der Waals surface area contributed by atoms with Gasteiger partial charge in [0.2, 0.25) is 5.79 Å². The number of rotatable bonds is 5. The average molecular weight is 776 g/mol. The van der Waals surface area contributed by atoms with Gasteiger partial charge in [0.05, 0.1) is 30.5 Å². The molecule has 12 heteroatoms. The summed E-state index contributed by atoms with van der Waals surface area (Å²) in [5.41, 5.74) is 1.70. The molecule has 0 spiro atoms. The van der Waals surface area contributed by atoms with Gasteiger partial charge in [0.25, 0.3) is 11.7 Å². The number of aliphatic hydroxyl groups is 3. The zero-order valence-corrected chi connectivity index (χ0v) is 34.7. The maximum absolute atomic E-state index is 14.3. The van der Waals surface area contributed by atoms with E-state index in [4.69, 9.17) is 18.9 Å². The van der Waals surface area contributed by atoms with Gasteiger partial charge in [0.15, 0.2) is 0 Å². The minimum Gasteiger partial charge on any atom is -0.456 e. The number of Topliss-reactive ketones (excluding diaryl/α,β-unsaturated/α-hetero) is 2. The predicted octanol–water partition coefficient (Wildman–Crippen LogP) is 5.09. The van der Waals surface area contributed by atoms with Crippen LogP contribution in [0, 0.1) is 35.5 Å². The van der Waals surface area contributed by atoms with Crippen LogP contribution < -0.4 is 0 Å². The lowest BCUT2D eigenvalue weighted by Crippen LogP contribution is -2.63. The maximum atomic E-state index is 14.3. The molecule has 14 atom stereocenters. The van der Waals surface area contributed by atoms with E-state index in [0.717, 1.165) is 5.57 Å². The average Bonchev–Trinajstić information content (AvgIpc) is 3.15. The number of nitrogens with zero attached hydrogens (tertiary/aromatic N) is 1. The number of allylic oxidation sites excluding steroid dienone is 3. The van der Waals surface area contributed by atoms with Crippen molar-refractivity contribution in [2.45, 2.75) is 168 Å². The van der Waals surface area contributed by atoms with Crippen molar-refractivity contribution in [3.05, 3.63) is 23.3 Å². The summed E-state index contributed by atoms with van der Waals surface area (Å²) in [6, 6.07) is -1.11. The van der Waals surface area contributed by atoms with Gasteiger partial charge in [-0.25, -0.2) is 4.79 Å². The molecule has 1 saturated carbocycles. The number of cyclic esters (lactones) is 1. The van der Waals surface area contributed by atoms with Crippen LogP contribution in [-0.2, 0) is 38.1 Å². The number of carbonyl (C=O) groups excluding carboxylic acids is 4. The fourth-order valence-corrected chi connectivity index (χ4v) is 9.54. The van der Waals surface area contributed by atoms with Gasteiger partial charge in [-0.15, -0.1) is 0 Å². The fraction of sp³-hybridized carbons (Fsp3) is 0.814. The normalized spacial score (nSPS) is 42.1. The highest BCUT2D eigenvalue weighted by atomic mass is 16.7. The lowest BCUT2D eigenvalue weighted by atomic mass is 9.78. The Morgan fingerprint density at radius 2 is 1.64 bits per heavy atom. The molecule has 1 aliphatic carbocycles. The Labute approximate surface area is 328 Å². The highest BCUT2D eigenvalue weighted by Crippen LogP contribution is 2.40. The second kappa shape index (κ2) is 19.8. The summed E-state index contributed by atoms with van der Waals surface area (Å²) < 4.78 is 24.0. The maximum Gasteiger partial charge on any atom is 0.329 e. The predicted molar refractivity (Wildman–Crippen MR) is 206 cm³/mol. The van der Waals surface area contributed by atoms with Crippen molar-refractivity contribution in [1.29, 1.82) is 0 Å². The number of carbonyl (C=O) groups is 4. The van der Waals surface area contributed by atoms with Gasteiger partial charge < -0.3 is 39.2 Å².